The third-order valence-corrected chi connectivity index (χ3v) is 8.22. The molecular weight excluding hydrogens is 382 g/mol. The molecule has 1 aromatic heterocycles. The van der Waals surface area contributed by atoms with Gasteiger partial charge in [-0.3, -0.25) is 4.79 Å². The molecule has 1 atom stereocenters. The number of rotatable bonds is 5. The highest BCUT2D eigenvalue weighted by atomic mass is 35.5. The molecular formula is C16H24ClN3O3S2. The lowest BCUT2D eigenvalue weighted by Gasteiger charge is -2.38. The van der Waals surface area contributed by atoms with Crippen molar-refractivity contribution in [3.8, 4) is 0 Å². The molecule has 2 aliphatic rings. The van der Waals surface area contributed by atoms with Crippen LogP contribution in [0.4, 0.5) is 0 Å². The number of hydrogen-bond acceptors (Lipinski definition) is 5. The molecule has 0 unspecified atom stereocenters. The summed E-state index contributed by atoms with van der Waals surface area (Å²) in [6, 6.07) is 3.08. The van der Waals surface area contributed by atoms with E-state index in [0.717, 1.165) is 37.3 Å². The van der Waals surface area contributed by atoms with Gasteiger partial charge in [0.1, 0.15) is 10.3 Å². The number of nitrogens with zero attached hydrogens (tertiary/aromatic N) is 2. The van der Waals surface area contributed by atoms with Crippen LogP contribution in [0.5, 0.6) is 0 Å². The predicted molar refractivity (Wildman–Crippen MR) is 99.5 cm³/mol. The van der Waals surface area contributed by atoms with Crippen LogP contribution in [0.1, 0.15) is 33.1 Å². The molecule has 2 fully saturated rings. The third-order valence-electron chi connectivity index (χ3n) is 5.02. The second-order valence-electron chi connectivity index (χ2n) is 6.91. The van der Waals surface area contributed by atoms with Crippen molar-refractivity contribution in [2.75, 3.05) is 19.6 Å². The van der Waals surface area contributed by atoms with Crippen molar-refractivity contribution in [1.29, 1.82) is 0 Å². The number of thiophene rings is 1. The predicted octanol–water partition coefficient (Wildman–Crippen LogP) is 2.15. The zero-order valence-corrected chi connectivity index (χ0v) is 16.8. The molecule has 25 heavy (non-hydrogen) atoms. The van der Waals surface area contributed by atoms with E-state index < -0.39 is 16.1 Å². The Labute approximate surface area is 158 Å². The fraction of sp³-hybridized carbons (Fsp3) is 0.688. The molecule has 3 rings (SSSR count). The summed E-state index contributed by atoms with van der Waals surface area (Å²) in [5, 5.41) is 0. The first kappa shape index (κ1) is 19.1. The van der Waals surface area contributed by atoms with Crippen LogP contribution in [0.15, 0.2) is 16.3 Å². The van der Waals surface area contributed by atoms with Crippen molar-refractivity contribution in [2.24, 2.45) is 0 Å². The molecule has 3 heterocycles. The minimum absolute atomic E-state index is 0.103. The molecule has 0 radical (unpaired) electrons. The van der Waals surface area contributed by atoms with Crippen LogP contribution in [0, 0.1) is 0 Å². The van der Waals surface area contributed by atoms with Crippen LogP contribution < -0.4 is 4.72 Å². The van der Waals surface area contributed by atoms with Crippen LogP contribution in [-0.4, -0.2) is 61.9 Å². The summed E-state index contributed by atoms with van der Waals surface area (Å²) >= 11 is 6.81. The lowest BCUT2D eigenvalue weighted by molar-refractivity contribution is -0.131. The summed E-state index contributed by atoms with van der Waals surface area (Å²) in [5.41, 5.74) is 0. The zero-order valence-electron chi connectivity index (χ0n) is 14.4. The number of halogens is 1. The number of nitrogens with one attached hydrogen (secondary N) is 1. The minimum Gasteiger partial charge on any atom is -0.338 e. The number of piperidine rings is 1. The summed E-state index contributed by atoms with van der Waals surface area (Å²) in [5.74, 6) is -0.103. The fourth-order valence-corrected chi connectivity index (χ4v) is 6.30. The van der Waals surface area contributed by atoms with Gasteiger partial charge in [-0.2, -0.15) is 4.72 Å². The number of carbonyl (C=O) groups is 1. The van der Waals surface area contributed by atoms with Gasteiger partial charge < -0.3 is 9.80 Å². The molecule has 0 bridgehead atoms. The number of likely N-dealkylation sites (tertiary alicyclic amines) is 2. The number of sulfonamides is 1. The Hall–Kier alpha value is -0.670. The van der Waals surface area contributed by atoms with Gasteiger partial charge in [0.2, 0.25) is 5.91 Å². The molecule has 1 aromatic rings. The SMILES string of the molecule is CC(C)N1CCC(N2CC[C@H](NS(=O)(=O)c3ccc(Cl)s3)C2=O)CC1. The van der Waals surface area contributed by atoms with Gasteiger partial charge in [-0.1, -0.05) is 11.6 Å². The van der Waals surface area contributed by atoms with E-state index in [0.29, 0.717) is 23.3 Å². The first-order chi connectivity index (χ1) is 11.8. The molecule has 0 aromatic carbocycles. The Kier molecular flexibility index (Phi) is 5.75. The van der Waals surface area contributed by atoms with Gasteiger partial charge in [-0.15, -0.1) is 11.3 Å². The van der Waals surface area contributed by atoms with Crippen LogP contribution >= 0.6 is 22.9 Å². The van der Waals surface area contributed by atoms with Crippen LogP contribution in [0.25, 0.3) is 0 Å². The second kappa shape index (κ2) is 7.52. The van der Waals surface area contributed by atoms with Crippen molar-refractivity contribution >= 4 is 38.9 Å². The molecule has 0 aliphatic carbocycles. The largest absolute Gasteiger partial charge is 0.338 e. The van der Waals surface area contributed by atoms with E-state index in [-0.39, 0.29) is 16.2 Å². The summed E-state index contributed by atoms with van der Waals surface area (Å²) in [4.78, 5) is 17.0. The quantitative estimate of drug-likeness (QED) is 0.814. The van der Waals surface area contributed by atoms with Crippen LogP contribution in [0.3, 0.4) is 0 Å². The minimum atomic E-state index is -3.70. The molecule has 1 amide bonds. The van der Waals surface area contributed by atoms with Crippen LogP contribution in [-0.2, 0) is 14.8 Å². The Morgan fingerprint density at radius 1 is 1.20 bits per heavy atom. The van der Waals surface area contributed by atoms with Crippen molar-refractivity contribution < 1.29 is 13.2 Å². The molecule has 6 nitrogen and oxygen atoms in total. The van der Waals surface area contributed by atoms with E-state index in [2.05, 4.69) is 23.5 Å². The van der Waals surface area contributed by atoms with Crippen molar-refractivity contribution in [3.63, 3.8) is 0 Å². The van der Waals surface area contributed by atoms with E-state index in [4.69, 9.17) is 11.6 Å². The molecule has 0 saturated carbocycles. The first-order valence-corrected chi connectivity index (χ1v) is 11.3. The molecule has 2 saturated heterocycles. The summed E-state index contributed by atoms with van der Waals surface area (Å²) in [6.45, 7) is 6.95. The topological polar surface area (TPSA) is 69.7 Å². The van der Waals surface area contributed by atoms with E-state index in [1.165, 1.54) is 6.07 Å². The van der Waals surface area contributed by atoms with E-state index >= 15 is 0 Å². The Balaban J connectivity index is 1.61. The van der Waals surface area contributed by atoms with Gasteiger partial charge in [-0.25, -0.2) is 8.42 Å². The van der Waals surface area contributed by atoms with Crippen molar-refractivity contribution in [3.05, 3.63) is 16.5 Å². The fourth-order valence-electron chi connectivity index (χ4n) is 3.58. The molecule has 9 heteroatoms. The van der Waals surface area contributed by atoms with Gasteiger partial charge >= 0.3 is 0 Å². The average Bonchev–Trinajstić information content (AvgIpc) is 3.15. The zero-order chi connectivity index (χ0) is 18.2. The highest BCUT2D eigenvalue weighted by Gasteiger charge is 2.39. The normalized spacial score (nSPS) is 23.8. The lowest BCUT2D eigenvalue weighted by atomic mass is 10.0. The van der Waals surface area contributed by atoms with Gasteiger partial charge in [0.25, 0.3) is 10.0 Å². The first-order valence-electron chi connectivity index (χ1n) is 8.60. The summed E-state index contributed by atoms with van der Waals surface area (Å²) in [7, 11) is -3.70. The number of hydrogen-bond donors (Lipinski definition) is 1. The molecule has 2 aliphatic heterocycles. The second-order valence-corrected chi connectivity index (χ2v) is 10.6. The van der Waals surface area contributed by atoms with E-state index in [9.17, 15) is 13.2 Å². The Morgan fingerprint density at radius 3 is 2.44 bits per heavy atom. The highest BCUT2D eigenvalue weighted by Crippen LogP contribution is 2.27. The maximum absolute atomic E-state index is 12.7. The smallest absolute Gasteiger partial charge is 0.250 e. The maximum Gasteiger partial charge on any atom is 0.250 e. The van der Waals surface area contributed by atoms with Gasteiger partial charge in [-0.05, 0) is 45.2 Å². The molecule has 1 N–H and O–H groups in total. The highest BCUT2D eigenvalue weighted by molar-refractivity contribution is 7.91. The summed E-state index contributed by atoms with van der Waals surface area (Å²) < 4.78 is 27.9. The van der Waals surface area contributed by atoms with Gasteiger partial charge in [0, 0.05) is 31.7 Å². The average molecular weight is 406 g/mol. The van der Waals surface area contributed by atoms with Crippen molar-refractivity contribution in [1.82, 2.24) is 14.5 Å². The van der Waals surface area contributed by atoms with Crippen molar-refractivity contribution in [2.45, 2.75) is 55.4 Å². The summed E-state index contributed by atoms with van der Waals surface area (Å²) in [6.07, 6.45) is 2.41. The van der Waals surface area contributed by atoms with E-state index in [1.54, 1.807) is 6.07 Å². The lowest BCUT2D eigenvalue weighted by Crippen LogP contribution is -2.49. The van der Waals surface area contributed by atoms with Crippen LogP contribution in [0.2, 0.25) is 4.34 Å². The Bertz CT molecular complexity index is 727. The molecule has 140 valence electrons. The standard InChI is InChI=1S/C16H24ClN3O3S2/c1-11(2)19-8-5-12(6-9-19)20-10-7-13(16(20)21)18-25(22,23)15-4-3-14(17)24-15/h3-4,11-13,18H,5-10H2,1-2H3/t13-/m0/s1. The monoisotopic (exact) mass is 405 g/mol. The Morgan fingerprint density at radius 2 is 1.88 bits per heavy atom. The number of amides is 1. The third kappa shape index (κ3) is 4.19. The molecule has 0 spiro atoms. The number of carbonyl (C=O) groups excluding carboxylic acids is 1. The maximum atomic E-state index is 12.7. The van der Waals surface area contributed by atoms with E-state index in [1.807, 2.05) is 4.90 Å². The van der Waals surface area contributed by atoms with Gasteiger partial charge in [0.15, 0.2) is 0 Å². The van der Waals surface area contributed by atoms with Gasteiger partial charge in [0.05, 0.1) is 4.34 Å².